The molecule has 0 atom stereocenters. The third-order valence-corrected chi connectivity index (χ3v) is 4.04. The number of likely N-dealkylation sites (tertiary alicyclic amines) is 1. The largest absolute Gasteiger partial charge is 0.497 e. The molecule has 1 aromatic rings. The van der Waals surface area contributed by atoms with Crippen LogP contribution in [-0.4, -0.2) is 51.2 Å². The van der Waals surface area contributed by atoms with E-state index in [4.69, 9.17) is 9.47 Å². The van der Waals surface area contributed by atoms with E-state index in [1.165, 1.54) is 19.3 Å². The van der Waals surface area contributed by atoms with E-state index in [2.05, 4.69) is 10.2 Å². The molecule has 0 radical (unpaired) electrons. The second-order valence-corrected chi connectivity index (χ2v) is 5.61. The molecule has 0 aromatic heterocycles. The molecule has 2 rings (SSSR count). The minimum atomic E-state index is 0.0172. The van der Waals surface area contributed by atoms with Crippen molar-refractivity contribution in [3.8, 4) is 11.5 Å². The Balaban J connectivity index is 1.80. The average Bonchev–Trinajstić information content (AvgIpc) is 2.55. The molecule has 5 heteroatoms. The molecule has 1 heterocycles. The van der Waals surface area contributed by atoms with Gasteiger partial charge in [0.15, 0.2) is 0 Å². The van der Waals surface area contributed by atoms with E-state index < -0.39 is 0 Å². The third kappa shape index (κ3) is 4.91. The molecule has 0 unspecified atom stereocenters. The summed E-state index contributed by atoms with van der Waals surface area (Å²) in [5.41, 5.74) is 0.845. The Morgan fingerprint density at radius 3 is 2.64 bits per heavy atom. The SMILES string of the molecule is COc1ccc(OC)c(CC(=O)NCCN2CCCCC2)c1. The van der Waals surface area contributed by atoms with E-state index in [1.54, 1.807) is 14.2 Å². The topological polar surface area (TPSA) is 50.8 Å². The summed E-state index contributed by atoms with van der Waals surface area (Å²) in [6.45, 7) is 3.94. The van der Waals surface area contributed by atoms with E-state index in [0.717, 1.165) is 30.9 Å². The first-order valence-corrected chi connectivity index (χ1v) is 7.93. The minimum absolute atomic E-state index is 0.0172. The third-order valence-electron chi connectivity index (χ3n) is 4.04. The van der Waals surface area contributed by atoms with Crippen LogP contribution in [0, 0.1) is 0 Å². The van der Waals surface area contributed by atoms with Gasteiger partial charge in [-0.1, -0.05) is 6.42 Å². The Kier molecular flexibility index (Phi) is 6.52. The zero-order chi connectivity index (χ0) is 15.8. The normalized spacial score (nSPS) is 15.4. The molecule has 0 bridgehead atoms. The predicted octanol–water partition coefficient (Wildman–Crippen LogP) is 1.85. The molecule has 1 aliphatic rings. The number of nitrogens with one attached hydrogen (secondary N) is 1. The number of hydrogen-bond donors (Lipinski definition) is 1. The molecule has 1 fully saturated rings. The quantitative estimate of drug-likeness (QED) is 0.835. The molecule has 1 aliphatic heterocycles. The van der Waals surface area contributed by atoms with Crippen LogP contribution in [0.1, 0.15) is 24.8 Å². The van der Waals surface area contributed by atoms with E-state index in [0.29, 0.717) is 18.7 Å². The predicted molar refractivity (Wildman–Crippen MR) is 86.6 cm³/mol. The number of methoxy groups -OCH3 is 2. The lowest BCUT2D eigenvalue weighted by Gasteiger charge is -2.26. The van der Waals surface area contributed by atoms with Crippen LogP contribution in [-0.2, 0) is 11.2 Å². The molecule has 1 amide bonds. The Hall–Kier alpha value is -1.75. The lowest BCUT2D eigenvalue weighted by molar-refractivity contribution is -0.120. The van der Waals surface area contributed by atoms with Crippen molar-refractivity contribution < 1.29 is 14.3 Å². The standard InChI is InChI=1S/C17H26N2O3/c1-21-15-6-7-16(22-2)14(12-15)13-17(20)18-8-11-19-9-4-3-5-10-19/h6-7,12H,3-5,8-11,13H2,1-2H3,(H,18,20). The van der Waals surface area contributed by atoms with Gasteiger partial charge >= 0.3 is 0 Å². The van der Waals surface area contributed by atoms with Crippen molar-refractivity contribution >= 4 is 5.91 Å². The summed E-state index contributed by atoms with van der Waals surface area (Å²) in [6.07, 6.45) is 4.18. The molecule has 0 spiro atoms. The van der Waals surface area contributed by atoms with Crippen molar-refractivity contribution in [2.24, 2.45) is 0 Å². The first-order valence-electron chi connectivity index (χ1n) is 7.93. The van der Waals surface area contributed by atoms with Gasteiger partial charge in [0.05, 0.1) is 20.6 Å². The zero-order valence-corrected chi connectivity index (χ0v) is 13.6. The summed E-state index contributed by atoms with van der Waals surface area (Å²) in [6, 6.07) is 5.51. The van der Waals surface area contributed by atoms with Crippen LogP contribution in [0.25, 0.3) is 0 Å². The summed E-state index contributed by atoms with van der Waals surface area (Å²) < 4.78 is 10.5. The van der Waals surface area contributed by atoms with Gasteiger partial charge in [-0.25, -0.2) is 0 Å². The lowest BCUT2D eigenvalue weighted by atomic mass is 10.1. The van der Waals surface area contributed by atoms with Gasteiger partial charge in [-0.2, -0.15) is 0 Å². The molecular weight excluding hydrogens is 280 g/mol. The smallest absolute Gasteiger partial charge is 0.224 e. The maximum absolute atomic E-state index is 12.1. The van der Waals surface area contributed by atoms with Gasteiger partial charge in [0.2, 0.25) is 5.91 Å². The molecule has 0 aliphatic carbocycles. The fraction of sp³-hybridized carbons (Fsp3) is 0.588. The maximum Gasteiger partial charge on any atom is 0.224 e. The van der Waals surface area contributed by atoms with Crippen molar-refractivity contribution in [3.05, 3.63) is 23.8 Å². The summed E-state index contributed by atoms with van der Waals surface area (Å²) in [5.74, 6) is 1.47. The van der Waals surface area contributed by atoms with Gasteiger partial charge < -0.3 is 19.7 Å². The summed E-state index contributed by atoms with van der Waals surface area (Å²) in [5, 5.41) is 2.99. The summed E-state index contributed by atoms with van der Waals surface area (Å²) >= 11 is 0. The number of benzene rings is 1. The summed E-state index contributed by atoms with van der Waals surface area (Å²) in [7, 11) is 3.23. The van der Waals surface area contributed by atoms with E-state index in [-0.39, 0.29) is 5.91 Å². The van der Waals surface area contributed by atoms with E-state index >= 15 is 0 Å². The van der Waals surface area contributed by atoms with Crippen molar-refractivity contribution in [1.82, 2.24) is 10.2 Å². The monoisotopic (exact) mass is 306 g/mol. The highest BCUT2D eigenvalue weighted by molar-refractivity contribution is 5.79. The van der Waals surface area contributed by atoms with Gasteiger partial charge in [-0.05, 0) is 44.1 Å². The van der Waals surface area contributed by atoms with Gasteiger partial charge in [-0.3, -0.25) is 4.79 Å². The Labute approximate surface area is 132 Å². The van der Waals surface area contributed by atoms with Crippen LogP contribution >= 0.6 is 0 Å². The van der Waals surface area contributed by atoms with Crippen LogP contribution in [0.4, 0.5) is 0 Å². The van der Waals surface area contributed by atoms with Crippen molar-refractivity contribution in [2.75, 3.05) is 40.4 Å². The number of nitrogens with zero attached hydrogens (tertiary/aromatic N) is 1. The van der Waals surface area contributed by atoms with Crippen molar-refractivity contribution in [3.63, 3.8) is 0 Å². The second-order valence-electron chi connectivity index (χ2n) is 5.61. The molecule has 0 saturated carbocycles. The first kappa shape index (κ1) is 16.6. The first-order chi connectivity index (χ1) is 10.7. The lowest BCUT2D eigenvalue weighted by Crippen LogP contribution is -2.38. The number of ether oxygens (including phenoxy) is 2. The highest BCUT2D eigenvalue weighted by atomic mass is 16.5. The number of hydrogen-bond acceptors (Lipinski definition) is 4. The van der Waals surface area contributed by atoms with Crippen molar-refractivity contribution in [1.29, 1.82) is 0 Å². The molecule has 22 heavy (non-hydrogen) atoms. The van der Waals surface area contributed by atoms with Crippen LogP contribution in [0.15, 0.2) is 18.2 Å². The Morgan fingerprint density at radius 1 is 1.18 bits per heavy atom. The molecule has 5 nitrogen and oxygen atoms in total. The fourth-order valence-electron chi connectivity index (χ4n) is 2.79. The highest BCUT2D eigenvalue weighted by Gasteiger charge is 2.12. The number of rotatable bonds is 7. The van der Waals surface area contributed by atoms with E-state index in [1.807, 2.05) is 18.2 Å². The maximum atomic E-state index is 12.1. The number of carbonyl (C=O) groups is 1. The Morgan fingerprint density at radius 2 is 1.95 bits per heavy atom. The Bertz CT molecular complexity index is 485. The fourth-order valence-corrected chi connectivity index (χ4v) is 2.79. The minimum Gasteiger partial charge on any atom is -0.497 e. The number of amides is 1. The molecule has 1 N–H and O–H groups in total. The van der Waals surface area contributed by atoms with Gasteiger partial charge in [0.25, 0.3) is 0 Å². The van der Waals surface area contributed by atoms with Gasteiger partial charge in [0, 0.05) is 18.7 Å². The second kappa shape index (κ2) is 8.63. The molecule has 122 valence electrons. The van der Waals surface area contributed by atoms with Crippen molar-refractivity contribution in [2.45, 2.75) is 25.7 Å². The van der Waals surface area contributed by atoms with Crippen LogP contribution in [0.5, 0.6) is 11.5 Å². The molecule has 1 saturated heterocycles. The molecular formula is C17H26N2O3. The number of carbonyl (C=O) groups excluding carboxylic acids is 1. The van der Waals surface area contributed by atoms with Crippen LogP contribution < -0.4 is 14.8 Å². The highest BCUT2D eigenvalue weighted by Crippen LogP contribution is 2.24. The van der Waals surface area contributed by atoms with Crippen LogP contribution in [0.2, 0.25) is 0 Å². The average molecular weight is 306 g/mol. The zero-order valence-electron chi connectivity index (χ0n) is 13.6. The summed E-state index contributed by atoms with van der Waals surface area (Å²) in [4.78, 5) is 14.5. The van der Waals surface area contributed by atoms with Gasteiger partial charge in [-0.15, -0.1) is 0 Å². The molecule has 1 aromatic carbocycles. The number of piperidine rings is 1. The van der Waals surface area contributed by atoms with Crippen LogP contribution in [0.3, 0.4) is 0 Å². The van der Waals surface area contributed by atoms with E-state index in [9.17, 15) is 4.79 Å². The van der Waals surface area contributed by atoms with Gasteiger partial charge in [0.1, 0.15) is 11.5 Å².